The molecular weight excluding hydrogens is 232 g/mol. The predicted octanol–water partition coefficient (Wildman–Crippen LogP) is 0.881. The van der Waals surface area contributed by atoms with Gasteiger partial charge in [-0.3, -0.25) is 9.59 Å². The molecule has 0 radical (unpaired) electrons. The van der Waals surface area contributed by atoms with Crippen molar-refractivity contribution in [3.63, 3.8) is 0 Å². The number of carbonyl (C=O) groups is 2. The smallest absolute Gasteiger partial charge is 0.268 e. The number of ketones is 1. The van der Waals surface area contributed by atoms with E-state index >= 15 is 0 Å². The van der Waals surface area contributed by atoms with Gasteiger partial charge in [0.2, 0.25) is 0 Å². The van der Waals surface area contributed by atoms with Crippen LogP contribution in [0.5, 0.6) is 0 Å². The summed E-state index contributed by atoms with van der Waals surface area (Å²) in [5.41, 5.74) is 0.979. The zero-order valence-electron chi connectivity index (χ0n) is 10.2. The lowest BCUT2D eigenvalue weighted by Gasteiger charge is -2.03. The number of aromatic nitrogens is 3. The Morgan fingerprint density at radius 3 is 2.83 bits per heavy atom. The summed E-state index contributed by atoms with van der Waals surface area (Å²) in [4.78, 5) is 30.0. The minimum Gasteiger partial charge on any atom is -0.347 e. The van der Waals surface area contributed by atoms with Crippen LogP contribution in [0, 0.1) is 0 Å². The van der Waals surface area contributed by atoms with Crippen LogP contribution >= 0.6 is 0 Å². The Hall–Kier alpha value is -2.37. The second-order valence-corrected chi connectivity index (χ2v) is 4.00. The van der Waals surface area contributed by atoms with E-state index in [0.717, 1.165) is 0 Å². The number of rotatable bonds is 4. The molecule has 0 aliphatic rings. The van der Waals surface area contributed by atoms with E-state index in [0.29, 0.717) is 23.6 Å². The number of nitrogens with zero attached hydrogens (tertiary/aromatic N) is 2. The van der Waals surface area contributed by atoms with Gasteiger partial charge in [0, 0.05) is 31.2 Å². The largest absolute Gasteiger partial charge is 0.347 e. The zero-order valence-corrected chi connectivity index (χ0v) is 10.2. The molecule has 0 aromatic carbocycles. The van der Waals surface area contributed by atoms with E-state index in [2.05, 4.69) is 15.3 Å². The number of imidazole rings is 1. The van der Waals surface area contributed by atoms with Gasteiger partial charge in [0.15, 0.2) is 5.78 Å². The molecule has 94 valence electrons. The number of hydrogen-bond acceptors (Lipinski definition) is 3. The van der Waals surface area contributed by atoms with E-state index in [1.165, 1.54) is 6.92 Å². The average molecular weight is 246 g/mol. The van der Waals surface area contributed by atoms with Gasteiger partial charge in [-0.25, -0.2) is 4.98 Å². The number of amides is 1. The SMILES string of the molecule is CC(=O)c1cc(C(=O)NCc2ncc[nH]2)n(C)c1. The van der Waals surface area contributed by atoms with Crippen molar-refractivity contribution < 1.29 is 9.59 Å². The first-order valence-corrected chi connectivity index (χ1v) is 5.51. The molecule has 0 saturated heterocycles. The summed E-state index contributed by atoms with van der Waals surface area (Å²) in [5.74, 6) is 0.390. The Kier molecular flexibility index (Phi) is 3.27. The molecule has 0 unspecified atom stereocenters. The number of nitrogens with one attached hydrogen (secondary N) is 2. The van der Waals surface area contributed by atoms with Crippen molar-refractivity contribution >= 4 is 11.7 Å². The van der Waals surface area contributed by atoms with Crippen LogP contribution in [-0.4, -0.2) is 26.2 Å². The third-order valence-corrected chi connectivity index (χ3v) is 2.62. The Labute approximate surface area is 104 Å². The zero-order chi connectivity index (χ0) is 13.1. The van der Waals surface area contributed by atoms with Gasteiger partial charge in [-0.05, 0) is 13.0 Å². The van der Waals surface area contributed by atoms with Crippen molar-refractivity contribution in [3.8, 4) is 0 Å². The van der Waals surface area contributed by atoms with Crippen molar-refractivity contribution in [3.05, 3.63) is 41.7 Å². The Balaban J connectivity index is 2.06. The van der Waals surface area contributed by atoms with E-state index in [-0.39, 0.29) is 11.7 Å². The maximum absolute atomic E-state index is 11.9. The van der Waals surface area contributed by atoms with Crippen molar-refractivity contribution in [2.45, 2.75) is 13.5 Å². The molecule has 0 bridgehead atoms. The quantitative estimate of drug-likeness (QED) is 0.786. The molecule has 6 nitrogen and oxygen atoms in total. The van der Waals surface area contributed by atoms with Crippen LogP contribution in [0.1, 0.15) is 33.6 Å². The molecule has 2 N–H and O–H groups in total. The van der Waals surface area contributed by atoms with Gasteiger partial charge in [-0.1, -0.05) is 0 Å². The maximum atomic E-state index is 11.9. The van der Waals surface area contributed by atoms with Crippen LogP contribution in [0.3, 0.4) is 0 Å². The fraction of sp³-hybridized carbons (Fsp3) is 0.250. The highest BCUT2D eigenvalue weighted by Gasteiger charge is 2.13. The second-order valence-electron chi connectivity index (χ2n) is 4.00. The monoisotopic (exact) mass is 246 g/mol. The summed E-state index contributed by atoms with van der Waals surface area (Å²) in [6.45, 7) is 1.80. The van der Waals surface area contributed by atoms with E-state index in [1.807, 2.05) is 0 Å². The average Bonchev–Trinajstić information content (AvgIpc) is 2.94. The molecule has 1 amide bonds. The Morgan fingerprint density at radius 2 is 2.28 bits per heavy atom. The topological polar surface area (TPSA) is 79.8 Å². The van der Waals surface area contributed by atoms with Crippen LogP contribution in [0.15, 0.2) is 24.7 Å². The number of aryl methyl sites for hydroxylation is 1. The third kappa shape index (κ3) is 2.48. The van der Waals surface area contributed by atoms with Crippen LogP contribution in [0.2, 0.25) is 0 Å². The van der Waals surface area contributed by atoms with Crippen molar-refractivity contribution in [1.29, 1.82) is 0 Å². The van der Waals surface area contributed by atoms with E-state index in [1.54, 1.807) is 36.3 Å². The van der Waals surface area contributed by atoms with Gasteiger partial charge in [0.25, 0.3) is 5.91 Å². The molecule has 2 rings (SSSR count). The summed E-state index contributed by atoms with van der Waals surface area (Å²) in [6.07, 6.45) is 4.96. The first kappa shape index (κ1) is 12.1. The van der Waals surface area contributed by atoms with Crippen LogP contribution in [-0.2, 0) is 13.6 Å². The summed E-state index contributed by atoms with van der Waals surface area (Å²) in [6, 6.07) is 1.58. The van der Waals surface area contributed by atoms with Crippen LogP contribution in [0.25, 0.3) is 0 Å². The summed E-state index contributed by atoms with van der Waals surface area (Å²) in [7, 11) is 1.73. The highest BCUT2D eigenvalue weighted by molar-refractivity contribution is 5.99. The molecule has 2 aromatic heterocycles. The fourth-order valence-electron chi connectivity index (χ4n) is 1.63. The molecule has 0 aliphatic heterocycles. The maximum Gasteiger partial charge on any atom is 0.268 e. The molecule has 18 heavy (non-hydrogen) atoms. The van der Waals surface area contributed by atoms with Crippen molar-refractivity contribution in [2.24, 2.45) is 7.05 Å². The molecule has 2 heterocycles. The normalized spacial score (nSPS) is 10.3. The molecular formula is C12H14N4O2. The van der Waals surface area contributed by atoms with Gasteiger partial charge in [-0.2, -0.15) is 0 Å². The Morgan fingerprint density at radius 1 is 1.50 bits per heavy atom. The molecule has 0 atom stereocenters. The number of carbonyl (C=O) groups excluding carboxylic acids is 2. The lowest BCUT2D eigenvalue weighted by Crippen LogP contribution is -2.25. The van der Waals surface area contributed by atoms with E-state index in [9.17, 15) is 9.59 Å². The number of hydrogen-bond donors (Lipinski definition) is 2. The van der Waals surface area contributed by atoms with E-state index in [4.69, 9.17) is 0 Å². The van der Waals surface area contributed by atoms with Gasteiger partial charge in [0.1, 0.15) is 11.5 Å². The van der Waals surface area contributed by atoms with Crippen molar-refractivity contribution in [2.75, 3.05) is 0 Å². The summed E-state index contributed by atoms with van der Waals surface area (Å²) in [5, 5.41) is 2.73. The van der Waals surface area contributed by atoms with Gasteiger partial charge in [-0.15, -0.1) is 0 Å². The molecule has 0 aliphatic carbocycles. The molecule has 2 aromatic rings. The number of H-pyrrole nitrogens is 1. The molecule has 0 fully saturated rings. The van der Waals surface area contributed by atoms with Crippen molar-refractivity contribution in [1.82, 2.24) is 19.9 Å². The summed E-state index contributed by atoms with van der Waals surface area (Å²) >= 11 is 0. The Bertz CT molecular complexity index is 569. The first-order chi connectivity index (χ1) is 8.58. The molecule has 6 heteroatoms. The standard InChI is InChI=1S/C12H14N4O2/c1-8(17)9-5-10(16(2)7-9)12(18)15-6-11-13-3-4-14-11/h3-5,7H,6H2,1-2H3,(H,13,14)(H,15,18). The van der Waals surface area contributed by atoms with E-state index < -0.39 is 0 Å². The first-order valence-electron chi connectivity index (χ1n) is 5.51. The van der Waals surface area contributed by atoms with Gasteiger partial charge in [0.05, 0.1) is 6.54 Å². The third-order valence-electron chi connectivity index (χ3n) is 2.62. The predicted molar refractivity (Wildman–Crippen MR) is 65.2 cm³/mol. The second kappa shape index (κ2) is 4.87. The van der Waals surface area contributed by atoms with Crippen LogP contribution in [0.4, 0.5) is 0 Å². The fourth-order valence-corrected chi connectivity index (χ4v) is 1.63. The number of Topliss-reactive ketones (excluding diaryl/α,β-unsaturated/α-hetero) is 1. The minimum atomic E-state index is -0.235. The lowest BCUT2D eigenvalue weighted by molar-refractivity contribution is 0.0941. The highest BCUT2D eigenvalue weighted by atomic mass is 16.2. The van der Waals surface area contributed by atoms with Gasteiger partial charge < -0.3 is 14.9 Å². The minimum absolute atomic E-state index is 0.0596. The lowest BCUT2D eigenvalue weighted by atomic mass is 10.2. The van der Waals surface area contributed by atoms with Gasteiger partial charge >= 0.3 is 0 Å². The summed E-state index contributed by atoms with van der Waals surface area (Å²) < 4.78 is 1.63. The van der Waals surface area contributed by atoms with Crippen LogP contribution < -0.4 is 5.32 Å². The number of aromatic amines is 1. The highest BCUT2D eigenvalue weighted by Crippen LogP contribution is 2.08. The molecule has 0 saturated carbocycles. The molecule has 0 spiro atoms.